The van der Waals surface area contributed by atoms with Crippen molar-refractivity contribution in [3.05, 3.63) is 27.3 Å². The third-order valence-corrected chi connectivity index (χ3v) is 2.05. The molecule has 0 aliphatic rings. The van der Waals surface area contributed by atoms with Gasteiger partial charge >= 0.3 is 17.7 Å². The van der Waals surface area contributed by atoms with E-state index in [0.717, 1.165) is 7.11 Å². The maximum Gasteiger partial charge on any atom is 0.368 e. The molecule has 0 amide bonds. The average Bonchev–Trinajstić information content (AvgIpc) is 2.27. The van der Waals surface area contributed by atoms with Crippen LogP contribution in [0, 0.1) is 10.1 Å². The summed E-state index contributed by atoms with van der Waals surface area (Å²) in [6.45, 7) is 0. The number of carboxylic acid groups (broad SMARTS) is 1. The first-order valence-corrected chi connectivity index (χ1v) is 4.59. The number of carboxylic acids is 1. The van der Waals surface area contributed by atoms with Crippen LogP contribution in [0.25, 0.3) is 0 Å². The molecule has 1 rings (SSSR count). The van der Waals surface area contributed by atoms with E-state index in [4.69, 9.17) is 5.11 Å². The second-order valence-corrected chi connectivity index (χ2v) is 3.19. The van der Waals surface area contributed by atoms with Crippen LogP contribution in [0.5, 0.6) is 5.88 Å². The Kier molecular flexibility index (Phi) is 4.08. The van der Waals surface area contributed by atoms with Crippen molar-refractivity contribution >= 4 is 11.8 Å². The van der Waals surface area contributed by atoms with Crippen molar-refractivity contribution in [2.75, 3.05) is 7.11 Å². The van der Waals surface area contributed by atoms with Crippen molar-refractivity contribution in [2.45, 2.75) is 12.8 Å². The molecule has 0 fully saturated rings. The third kappa shape index (κ3) is 2.87. The van der Waals surface area contributed by atoms with Crippen LogP contribution in [0.4, 0.5) is 14.6 Å². The quantitative estimate of drug-likeness (QED) is 0.638. The summed E-state index contributed by atoms with van der Waals surface area (Å²) >= 11 is 0. The van der Waals surface area contributed by atoms with Crippen molar-refractivity contribution in [2.24, 2.45) is 0 Å². The largest absolute Gasteiger partial charge is 0.481 e. The Morgan fingerprint density at radius 3 is 2.67 bits per heavy atom. The van der Waals surface area contributed by atoms with E-state index in [2.05, 4.69) is 9.72 Å². The van der Waals surface area contributed by atoms with Gasteiger partial charge in [-0.05, 0) is 4.92 Å². The van der Waals surface area contributed by atoms with Crippen LogP contribution in [0.2, 0.25) is 0 Å². The van der Waals surface area contributed by atoms with Gasteiger partial charge in [0.05, 0.1) is 19.1 Å². The zero-order valence-electron chi connectivity index (χ0n) is 9.09. The highest BCUT2D eigenvalue weighted by Gasteiger charge is 2.27. The molecule has 9 heteroatoms. The molecule has 98 valence electrons. The minimum absolute atomic E-state index is 0.370. The molecular formula is C9H8F2N2O5. The summed E-state index contributed by atoms with van der Waals surface area (Å²) in [6.07, 6.45) is -3.82. The van der Waals surface area contributed by atoms with Gasteiger partial charge in [0.1, 0.15) is 0 Å². The van der Waals surface area contributed by atoms with Crippen LogP contribution in [-0.2, 0) is 11.2 Å². The Labute approximate surface area is 99.2 Å². The van der Waals surface area contributed by atoms with E-state index in [-0.39, 0.29) is 5.56 Å². The van der Waals surface area contributed by atoms with Gasteiger partial charge in [0.2, 0.25) is 0 Å². The van der Waals surface area contributed by atoms with Crippen LogP contribution in [0.15, 0.2) is 6.07 Å². The van der Waals surface area contributed by atoms with Gasteiger partial charge in [-0.25, -0.2) is 8.78 Å². The Bertz CT molecular complexity index is 492. The molecule has 7 nitrogen and oxygen atoms in total. The summed E-state index contributed by atoms with van der Waals surface area (Å²) in [5.74, 6) is -2.68. The molecule has 0 aromatic carbocycles. The van der Waals surface area contributed by atoms with E-state index >= 15 is 0 Å². The van der Waals surface area contributed by atoms with Crippen molar-refractivity contribution in [3.8, 4) is 5.88 Å². The third-order valence-electron chi connectivity index (χ3n) is 2.05. The van der Waals surface area contributed by atoms with Crippen LogP contribution >= 0.6 is 0 Å². The molecule has 0 saturated carbocycles. The molecule has 1 N–H and O–H groups in total. The predicted molar refractivity (Wildman–Crippen MR) is 53.7 cm³/mol. The number of ether oxygens (including phenoxy) is 1. The van der Waals surface area contributed by atoms with Gasteiger partial charge in [0.25, 0.3) is 6.43 Å². The SMILES string of the molecule is COc1nc([N+](=O)[O-])cc(C(F)F)c1CC(=O)O. The number of halogens is 2. The molecule has 1 aromatic rings. The Balaban J connectivity index is 3.45. The van der Waals surface area contributed by atoms with Gasteiger partial charge in [0.15, 0.2) is 0 Å². The average molecular weight is 262 g/mol. The highest BCUT2D eigenvalue weighted by atomic mass is 19.3. The van der Waals surface area contributed by atoms with E-state index in [1.54, 1.807) is 0 Å². The summed E-state index contributed by atoms with van der Waals surface area (Å²) in [7, 11) is 1.06. The highest BCUT2D eigenvalue weighted by Crippen LogP contribution is 2.32. The molecule has 0 atom stereocenters. The Morgan fingerprint density at radius 2 is 2.28 bits per heavy atom. The monoisotopic (exact) mass is 262 g/mol. The lowest BCUT2D eigenvalue weighted by atomic mass is 10.1. The minimum Gasteiger partial charge on any atom is -0.481 e. The number of aromatic nitrogens is 1. The van der Waals surface area contributed by atoms with Gasteiger partial charge in [-0.15, -0.1) is 0 Å². The number of methoxy groups -OCH3 is 1. The van der Waals surface area contributed by atoms with Crippen molar-refractivity contribution in [3.63, 3.8) is 0 Å². The predicted octanol–water partition coefficient (Wildman–Crippen LogP) is 1.56. The normalized spacial score (nSPS) is 10.4. The first-order valence-electron chi connectivity index (χ1n) is 4.59. The molecule has 1 heterocycles. The van der Waals surface area contributed by atoms with E-state index < -0.39 is 41.0 Å². The highest BCUT2D eigenvalue weighted by molar-refractivity contribution is 5.72. The van der Waals surface area contributed by atoms with Crippen molar-refractivity contribution < 1.29 is 28.3 Å². The van der Waals surface area contributed by atoms with Gasteiger partial charge in [-0.3, -0.25) is 4.79 Å². The lowest BCUT2D eigenvalue weighted by Crippen LogP contribution is -2.09. The topological polar surface area (TPSA) is 103 Å². The zero-order chi connectivity index (χ0) is 13.9. The Morgan fingerprint density at radius 1 is 1.67 bits per heavy atom. The Hall–Kier alpha value is -2.32. The number of hydrogen-bond donors (Lipinski definition) is 1. The number of carbonyl (C=O) groups is 1. The lowest BCUT2D eigenvalue weighted by Gasteiger charge is -2.08. The number of nitro groups is 1. The molecule has 0 radical (unpaired) electrons. The number of hydrogen-bond acceptors (Lipinski definition) is 5. The van der Waals surface area contributed by atoms with Gasteiger partial charge in [-0.1, -0.05) is 0 Å². The molecule has 0 spiro atoms. The number of nitrogens with zero attached hydrogens (tertiary/aromatic N) is 2. The number of rotatable bonds is 5. The second kappa shape index (κ2) is 5.34. The molecule has 1 aromatic heterocycles. The molecule has 0 aliphatic heterocycles. The fourth-order valence-corrected chi connectivity index (χ4v) is 1.34. The molecule has 0 unspecified atom stereocenters. The lowest BCUT2D eigenvalue weighted by molar-refractivity contribution is -0.389. The maximum absolute atomic E-state index is 12.7. The fourth-order valence-electron chi connectivity index (χ4n) is 1.34. The van der Waals surface area contributed by atoms with E-state index in [9.17, 15) is 23.7 Å². The smallest absolute Gasteiger partial charge is 0.368 e. The van der Waals surface area contributed by atoms with Crippen LogP contribution in [-0.4, -0.2) is 28.1 Å². The van der Waals surface area contributed by atoms with E-state index in [1.165, 1.54) is 0 Å². The van der Waals surface area contributed by atoms with Crippen molar-refractivity contribution in [1.29, 1.82) is 0 Å². The summed E-state index contributed by atoms with van der Waals surface area (Å²) in [5, 5.41) is 19.1. The van der Waals surface area contributed by atoms with E-state index in [1.807, 2.05) is 0 Å². The van der Waals surface area contributed by atoms with Gasteiger partial charge < -0.3 is 20.0 Å². The first-order chi connectivity index (χ1) is 8.36. The first kappa shape index (κ1) is 13.7. The van der Waals surface area contributed by atoms with Crippen molar-refractivity contribution in [1.82, 2.24) is 4.98 Å². The number of pyridine rings is 1. The standard InChI is InChI=1S/C9H8F2N2O5/c1-18-9-5(3-7(14)15)4(8(10)11)2-6(12-9)13(16)17/h2,8H,3H2,1H3,(H,14,15). The summed E-state index contributed by atoms with van der Waals surface area (Å²) in [6, 6.07) is 0.547. The summed E-state index contributed by atoms with van der Waals surface area (Å²) < 4.78 is 30.1. The molecule has 0 saturated heterocycles. The van der Waals surface area contributed by atoms with Crippen LogP contribution in [0.3, 0.4) is 0 Å². The molecular weight excluding hydrogens is 254 g/mol. The molecule has 0 aliphatic carbocycles. The number of aliphatic carboxylic acids is 1. The van der Waals surface area contributed by atoms with Gasteiger partial charge in [0, 0.05) is 16.6 Å². The summed E-state index contributed by atoms with van der Waals surface area (Å²) in [5.41, 5.74) is -1.14. The van der Waals surface area contributed by atoms with Crippen LogP contribution in [0.1, 0.15) is 17.6 Å². The second-order valence-electron chi connectivity index (χ2n) is 3.19. The number of alkyl halides is 2. The fraction of sp³-hybridized carbons (Fsp3) is 0.333. The zero-order valence-corrected chi connectivity index (χ0v) is 9.09. The maximum atomic E-state index is 12.7. The van der Waals surface area contributed by atoms with E-state index in [0.29, 0.717) is 6.07 Å². The molecule has 0 bridgehead atoms. The van der Waals surface area contributed by atoms with Gasteiger partial charge in [-0.2, -0.15) is 0 Å². The molecule has 18 heavy (non-hydrogen) atoms. The van der Waals surface area contributed by atoms with Crippen LogP contribution < -0.4 is 4.74 Å². The summed E-state index contributed by atoms with van der Waals surface area (Å²) in [4.78, 5) is 23.5. The minimum atomic E-state index is -3.06.